The lowest BCUT2D eigenvalue weighted by molar-refractivity contribution is 0.688. The Morgan fingerprint density at radius 1 is 1.29 bits per heavy atom. The molecular formula is C13H12ClIN2. The maximum absolute atomic E-state index is 6.15. The molecule has 0 aliphatic rings. The maximum Gasteiger partial charge on any atom is 0.0590 e. The Balaban J connectivity index is 2.39. The van der Waals surface area contributed by atoms with E-state index in [4.69, 9.17) is 11.6 Å². The van der Waals surface area contributed by atoms with E-state index in [0.717, 1.165) is 19.7 Å². The highest BCUT2D eigenvalue weighted by atomic mass is 127. The number of halogens is 2. The highest BCUT2D eigenvalue weighted by Crippen LogP contribution is 2.26. The van der Waals surface area contributed by atoms with Gasteiger partial charge in [-0.05, 0) is 59.0 Å². The van der Waals surface area contributed by atoms with Crippen molar-refractivity contribution in [3.63, 3.8) is 0 Å². The number of hydrogen-bond acceptors (Lipinski definition) is 2. The predicted molar refractivity (Wildman–Crippen MR) is 79.3 cm³/mol. The van der Waals surface area contributed by atoms with Gasteiger partial charge in [-0.3, -0.25) is 4.98 Å². The van der Waals surface area contributed by atoms with E-state index in [1.165, 1.54) is 0 Å². The van der Waals surface area contributed by atoms with Crippen LogP contribution >= 0.6 is 34.2 Å². The molecule has 1 aromatic heterocycles. The summed E-state index contributed by atoms with van der Waals surface area (Å²) in [6.45, 7) is 0. The summed E-state index contributed by atoms with van der Waals surface area (Å²) >= 11 is 8.38. The normalized spacial score (nSPS) is 12.4. The fourth-order valence-corrected chi connectivity index (χ4v) is 2.29. The third-order valence-electron chi connectivity index (χ3n) is 2.58. The second-order valence-corrected chi connectivity index (χ2v) is 5.25. The molecule has 0 fully saturated rings. The number of hydrogen-bond donors (Lipinski definition) is 1. The summed E-state index contributed by atoms with van der Waals surface area (Å²) in [6.07, 6.45) is 3.64. The molecule has 2 rings (SSSR count). The fraction of sp³-hybridized carbons (Fsp3) is 0.154. The van der Waals surface area contributed by atoms with Gasteiger partial charge in [-0.25, -0.2) is 0 Å². The summed E-state index contributed by atoms with van der Waals surface area (Å²) in [5.41, 5.74) is 2.28. The summed E-state index contributed by atoms with van der Waals surface area (Å²) in [7, 11) is 1.93. The van der Waals surface area contributed by atoms with Crippen molar-refractivity contribution in [1.29, 1.82) is 0 Å². The van der Waals surface area contributed by atoms with Crippen LogP contribution in [0.2, 0.25) is 5.02 Å². The molecule has 0 saturated heterocycles. The van der Waals surface area contributed by atoms with Gasteiger partial charge in [-0.2, -0.15) is 0 Å². The van der Waals surface area contributed by atoms with Gasteiger partial charge in [0.25, 0.3) is 0 Å². The van der Waals surface area contributed by atoms with Crippen LogP contribution in [0.5, 0.6) is 0 Å². The molecule has 4 heteroatoms. The van der Waals surface area contributed by atoms with Crippen molar-refractivity contribution >= 4 is 34.2 Å². The summed E-state index contributed by atoms with van der Waals surface area (Å²) in [5.74, 6) is 0. The highest BCUT2D eigenvalue weighted by Gasteiger charge is 2.12. The summed E-state index contributed by atoms with van der Waals surface area (Å²) in [4.78, 5) is 4.14. The molecule has 0 spiro atoms. The summed E-state index contributed by atoms with van der Waals surface area (Å²) in [5, 5.41) is 4.06. The van der Waals surface area contributed by atoms with Crippen LogP contribution in [0.25, 0.3) is 0 Å². The van der Waals surface area contributed by atoms with Gasteiger partial charge in [0.15, 0.2) is 0 Å². The molecule has 0 saturated carbocycles. The zero-order valence-electron chi connectivity index (χ0n) is 9.32. The van der Waals surface area contributed by atoms with Crippen LogP contribution in [0, 0.1) is 3.57 Å². The van der Waals surface area contributed by atoms with E-state index in [2.05, 4.69) is 45.0 Å². The van der Waals surface area contributed by atoms with Crippen molar-refractivity contribution in [2.24, 2.45) is 0 Å². The largest absolute Gasteiger partial charge is 0.309 e. The molecule has 1 heterocycles. The first-order valence-corrected chi connectivity index (χ1v) is 6.70. The molecule has 1 aromatic carbocycles. The molecule has 17 heavy (non-hydrogen) atoms. The van der Waals surface area contributed by atoms with Crippen LogP contribution in [-0.2, 0) is 0 Å². The Morgan fingerprint density at radius 3 is 2.71 bits per heavy atom. The molecule has 88 valence electrons. The molecule has 0 aliphatic carbocycles. The number of nitrogens with one attached hydrogen (secondary N) is 1. The minimum atomic E-state index is 0.123. The Kier molecular flexibility index (Phi) is 4.36. The Bertz CT molecular complexity index is 502. The minimum Gasteiger partial charge on any atom is -0.309 e. The van der Waals surface area contributed by atoms with Crippen molar-refractivity contribution in [1.82, 2.24) is 10.3 Å². The second kappa shape index (κ2) is 5.80. The van der Waals surface area contributed by atoms with E-state index < -0.39 is 0 Å². The van der Waals surface area contributed by atoms with Crippen LogP contribution in [0.4, 0.5) is 0 Å². The number of aromatic nitrogens is 1. The highest BCUT2D eigenvalue weighted by molar-refractivity contribution is 14.1. The van der Waals surface area contributed by atoms with Crippen molar-refractivity contribution in [3.8, 4) is 0 Å². The van der Waals surface area contributed by atoms with Crippen LogP contribution in [-0.4, -0.2) is 12.0 Å². The summed E-state index contributed by atoms with van der Waals surface area (Å²) in [6, 6.07) is 10.2. The third kappa shape index (κ3) is 2.97. The fourth-order valence-electron chi connectivity index (χ4n) is 1.76. The molecule has 2 nitrogen and oxygen atoms in total. The van der Waals surface area contributed by atoms with Gasteiger partial charge in [-0.1, -0.05) is 23.7 Å². The zero-order chi connectivity index (χ0) is 12.3. The van der Waals surface area contributed by atoms with E-state index in [1.807, 2.05) is 31.4 Å². The lowest BCUT2D eigenvalue weighted by atomic mass is 10.0. The molecule has 0 bridgehead atoms. The van der Waals surface area contributed by atoms with E-state index in [0.29, 0.717) is 0 Å². The first-order valence-electron chi connectivity index (χ1n) is 5.24. The van der Waals surface area contributed by atoms with Crippen molar-refractivity contribution in [3.05, 3.63) is 62.4 Å². The van der Waals surface area contributed by atoms with Crippen LogP contribution in [0.1, 0.15) is 17.2 Å². The van der Waals surface area contributed by atoms with Gasteiger partial charge in [-0.15, -0.1) is 0 Å². The quantitative estimate of drug-likeness (QED) is 0.847. The first kappa shape index (κ1) is 12.8. The van der Waals surface area contributed by atoms with Gasteiger partial charge < -0.3 is 5.32 Å². The van der Waals surface area contributed by atoms with E-state index >= 15 is 0 Å². The van der Waals surface area contributed by atoms with Gasteiger partial charge in [0.2, 0.25) is 0 Å². The molecule has 1 unspecified atom stereocenters. The van der Waals surface area contributed by atoms with Gasteiger partial charge in [0.1, 0.15) is 0 Å². The van der Waals surface area contributed by atoms with Gasteiger partial charge >= 0.3 is 0 Å². The molecule has 0 amide bonds. The van der Waals surface area contributed by atoms with E-state index in [-0.39, 0.29) is 6.04 Å². The maximum atomic E-state index is 6.15. The molecular weight excluding hydrogens is 347 g/mol. The standard InChI is InChI=1S/C13H12ClIN2/c1-16-13(10-3-2-6-17-8-10)9-4-5-12(15)11(14)7-9/h2-8,13,16H,1H3. The Labute approximate surface area is 120 Å². The monoisotopic (exact) mass is 358 g/mol. The van der Waals surface area contributed by atoms with Crippen LogP contribution in [0.3, 0.4) is 0 Å². The van der Waals surface area contributed by atoms with Gasteiger partial charge in [0.05, 0.1) is 11.1 Å². The average Bonchev–Trinajstić information content (AvgIpc) is 2.36. The SMILES string of the molecule is CNC(c1cccnc1)c1ccc(I)c(Cl)c1. The average molecular weight is 359 g/mol. The van der Waals surface area contributed by atoms with E-state index in [9.17, 15) is 0 Å². The van der Waals surface area contributed by atoms with Crippen molar-refractivity contribution < 1.29 is 0 Å². The molecule has 0 radical (unpaired) electrons. The number of nitrogens with zero attached hydrogens (tertiary/aromatic N) is 1. The van der Waals surface area contributed by atoms with Crippen molar-refractivity contribution in [2.75, 3.05) is 7.05 Å². The first-order chi connectivity index (χ1) is 8.22. The summed E-state index contributed by atoms with van der Waals surface area (Å²) < 4.78 is 1.06. The van der Waals surface area contributed by atoms with Gasteiger partial charge in [0, 0.05) is 16.0 Å². The molecule has 1 atom stereocenters. The predicted octanol–water partition coefficient (Wildman–Crippen LogP) is 3.65. The molecule has 2 aromatic rings. The lowest BCUT2D eigenvalue weighted by Crippen LogP contribution is -2.17. The number of rotatable bonds is 3. The molecule has 0 aliphatic heterocycles. The van der Waals surface area contributed by atoms with Crippen molar-refractivity contribution in [2.45, 2.75) is 6.04 Å². The molecule has 1 N–H and O–H groups in total. The minimum absolute atomic E-state index is 0.123. The Hall–Kier alpha value is -0.650. The van der Waals surface area contributed by atoms with Crippen LogP contribution in [0.15, 0.2) is 42.7 Å². The van der Waals surface area contributed by atoms with Crippen LogP contribution < -0.4 is 5.32 Å². The zero-order valence-corrected chi connectivity index (χ0v) is 12.2. The van der Waals surface area contributed by atoms with E-state index in [1.54, 1.807) is 6.20 Å². The number of benzene rings is 1. The second-order valence-electron chi connectivity index (χ2n) is 3.68. The number of pyridine rings is 1. The smallest absolute Gasteiger partial charge is 0.0590 e. The third-order valence-corrected chi connectivity index (χ3v) is 4.16. The lowest BCUT2D eigenvalue weighted by Gasteiger charge is -2.17. The topological polar surface area (TPSA) is 24.9 Å². The Morgan fingerprint density at radius 2 is 2.12 bits per heavy atom.